The first-order valence-corrected chi connectivity index (χ1v) is 6.32. The van der Waals surface area contributed by atoms with Crippen LogP contribution in [0.2, 0.25) is 0 Å². The van der Waals surface area contributed by atoms with Crippen LogP contribution in [0, 0.1) is 5.92 Å². The van der Waals surface area contributed by atoms with E-state index >= 15 is 0 Å². The molecule has 0 aromatic rings. The fourth-order valence-corrected chi connectivity index (χ4v) is 2.37. The van der Waals surface area contributed by atoms with Crippen molar-refractivity contribution in [3.05, 3.63) is 0 Å². The van der Waals surface area contributed by atoms with Crippen LogP contribution < -0.4 is 10.5 Å². The van der Waals surface area contributed by atoms with E-state index in [1.807, 2.05) is 13.8 Å². The van der Waals surface area contributed by atoms with Gasteiger partial charge >= 0.3 is 0 Å². The van der Waals surface area contributed by atoms with Crippen LogP contribution in [0.25, 0.3) is 0 Å². The van der Waals surface area contributed by atoms with Crippen LogP contribution in [-0.4, -0.2) is 38.9 Å². The summed E-state index contributed by atoms with van der Waals surface area (Å²) in [6.07, 6.45) is 0. The average Bonchev–Trinajstić information content (AvgIpc) is 2.11. The number of nitrogens with zero attached hydrogens (tertiary/aromatic N) is 1. The van der Waals surface area contributed by atoms with Crippen LogP contribution in [0.3, 0.4) is 0 Å². The van der Waals surface area contributed by atoms with Gasteiger partial charge in [0.05, 0.1) is 0 Å². The number of hydrogen-bond donors (Lipinski definition) is 2. The molecule has 0 rings (SSSR count). The van der Waals surface area contributed by atoms with Crippen LogP contribution in [0.15, 0.2) is 0 Å². The predicted octanol–water partition coefficient (Wildman–Crippen LogP) is -0.243. The summed E-state index contributed by atoms with van der Waals surface area (Å²) in [6, 6.07) is 0. The molecule has 5 nitrogen and oxygen atoms in total. The third-order valence-electron chi connectivity index (χ3n) is 1.75. The molecule has 0 amide bonds. The highest BCUT2D eigenvalue weighted by atomic mass is 32.2. The van der Waals surface area contributed by atoms with Crippen molar-refractivity contribution in [1.82, 2.24) is 9.03 Å². The van der Waals surface area contributed by atoms with Gasteiger partial charge in [0, 0.05) is 26.2 Å². The molecule has 0 saturated carbocycles. The lowest BCUT2D eigenvalue weighted by Crippen LogP contribution is -2.44. The Bertz CT molecular complexity index is 239. The van der Waals surface area contributed by atoms with Gasteiger partial charge in [-0.2, -0.15) is 12.7 Å². The molecule has 6 heteroatoms. The summed E-state index contributed by atoms with van der Waals surface area (Å²) in [5.74, 6) is 0.307. The van der Waals surface area contributed by atoms with Crippen LogP contribution in [-0.2, 0) is 10.2 Å². The topological polar surface area (TPSA) is 75.4 Å². The van der Waals surface area contributed by atoms with E-state index in [-0.39, 0.29) is 0 Å². The monoisotopic (exact) mass is 223 g/mol. The molecular formula is C8H21N3O2S. The van der Waals surface area contributed by atoms with E-state index in [2.05, 4.69) is 4.72 Å². The molecule has 0 aliphatic heterocycles. The van der Waals surface area contributed by atoms with Crippen molar-refractivity contribution < 1.29 is 8.42 Å². The largest absolute Gasteiger partial charge is 0.329 e. The molecule has 0 radical (unpaired) electrons. The Morgan fingerprint density at radius 3 is 2.36 bits per heavy atom. The maximum atomic E-state index is 11.6. The smallest absolute Gasteiger partial charge is 0.279 e. The van der Waals surface area contributed by atoms with Gasteiger partial charge in [0.1, 0.15) is 0 Å². The number of nitrogens with two attached hydrogens (primary N) is 1. The Morgan fingerprint density at radius 2 is 2.00 bits per heavy atom. The highest BCUT2D eigenvalue weighted by Gasteiger charge is 2.18. The van der Waals surface area contributed by atoms with E-state index in [1.54, 1.807) is 6.92 Å². The first-order chi connectivity index (χ1) is 6.44. The van der Waals surface area contributed by atoms with Gasteiger partial charge in [-0.25, -0.2) is 4.72 Å². The lowest BCUT2D eigenvalue weighted by Gasteiger charge is -2.20. The molecule has 14 heavy (non-hydrogen) atoms. The highest BCUT2D eigenvalue weighted by molar-refractivity contribution is 7.87. The Balaban J connectivity index is 4.27. The molecule has 86 valence electrons. The summed E-state index contributed by atoms with van der Waals surface area (Å²) in [4.78, 5) is 0. The van der Waals surface area contributed by atoms with Gasteiger partial charge in [-0.05, 0) is 5.92 Å². The van der Waals surface area contributed by atoms with E-state index < -0.39 is 10.2 Å². The van der Waals surface area contributed by atoms with Crippen LogP contribution in [0.4, 0.5) is 0 Å². The standard InChI is InChI=1S/C8H21N3O2S/c1-4-11(6-5-9)14(12,13)10-7-8(2)3/h8,10H,4-7,9H2,1-3H3. The SMILES string of the molecule is CCN(CCN)S(=O)(=O)NCC(C)C. The molecule has 0 atom stereocenters. The summed E-state index contributed by atoms with van der Waals surface area (Å²) in [7, 11) is -3.33. The van der Waals surface area contributed by atoms with E-state index in [0.717, 1.165) is 0 Å². The summed E-state index contributed by atoms with van der Waals surface area (Å²) >= 11 is 0. The van der Waals surface area contributed by atoms with E-state index in [0.29, 0.717) is 32.1 Å². The molecule has 0 unspecified atom stereocenters. The van der Waals surface area contributed by atoms with Crippen molar-refractivity contribution in [3.63, 3.8) is 0 Å². The zero-order valence-electron chi connectivity index (χ0n) is 9.16. The lowest BCUT2D eigenvalue weighted by molar-refractivity contribution is 0.422. The normalized spacial score (nSPS) is 12.7. The molecule has 0 heterocycles. The quantitative estimate of drug-likeness (QED) is 0.625. The fourth-order valence-electron chi connectivity index (χ4n) is 0.956. The first-order valence-electron chi connectivity index (χ1n) is 4.88. The van der Waals surface area contributed by atoms with Crippen molar-refractivity contribution >= 4 is 10.2 Å². The van der Waals surface area contributed by atoms with Gasteiger partial charge in [0.15, 0.2) is 0 Å². The minimum absolute atomic E-state index is 0.307. The number of nitrogens with one attached hydrogen (secondary N) is 1. The maximum Gasteiger partial charge on any atom is 0.279 e. The lowest BCUT2D eigenvalue weighted by atomic mass is 10.2. The number of hydrogen-bond acceptors (Lipinski definition) is 3. The third-order valence-corrected chi connectivity index (χ3v) is 3.40. The maximum absolute atomic E-state index is 11.6. The molecule has 0 aromatic heterocycles. The van der Waals surface area contributed by atoms with Crippen molar-refractivity contribution in [2.45, 2.75) is 20.8 Å². The van der Waals surface area contributed by atoms with E-state index in [1.165, 1.54) is 4.31 Å². The van der Waals surface area contributed by atoms with Gasteiger partial charge in [-0.15, -0.1) is 0 Å². The Labute approximate surface area is 86.8 Å². The summed E-state index contributed by atoms with van der Waals surface area (Å²) in [5, 5.41) is 0. The minimum atomic E-state index is -3.33. The second kappa shape index (κ2) is 6.34. The zero-order chi connectivity index (χ0) is 11.2. The van der Waals surface area contributed by atoms with Crippen LogP contribution in [0.5, 0.6) is 0 Å². The fraction of sp³-hybridized carbons (Fsp3) is 1.00. The second-order valence-electron chi connectivity index (χ2n) is 3.53. The van der Waals surface area contributed by atoms with Crippen molar-refractivity contribution in [2.24, 2.45) is 11.7 Å². The molecule has 0 aromatic carbocycles. The van der Waals surface area contributed by atoms with Crippen molar-refractivity contribution in [3.8, 4) is 0 Å². The molecular weight excluding hydrogens is 202 g/mol. The zero-order valence-corrected chi connectivity index (χ0v) is 9.97. The van der Waals surface area contributed by atoms with Gasteiger partial charge in [-0.3, -0.25) is 0 Å². The Kier molecular flexibility index (Phi) is 6.26. The minimum Gasteiger partial charge on any atom is -0.329 e. The van der Waals surface area contributed by atoms with Gasteiger partial charge in [0.25, 0.3) is 10.2 Å². The number of rotatable bonds is 7. The molecule has 0 spiro atoms. The predicted molar refractivity (Wildman–Crippen MR) is 58.1 cm³/mol. The van der Waals surface area contributed by atoms with Crippen LogP contribution in [0.1, 0.15) is 20.8 Å². The van der Waals surface area contributed by atoms with Gasteiger partial charge < -0.3 is 5.73 Å². The van der Waals surface area contributed by atoms with Crippen LogP contribution >= 0.6 is 0 Å². The summed E-state index contributed by atoms with van der Waals surface area (Å²) < 4.78 is 27.1. The average molecular weight is 223 g/mol. The molecule has 0 aliphatic carbocycles. The van der Waals surface area contributed by atoms with Gasteiger partial charge in [-0.1, -0.05) is 20.8 Å². The molecule has 0 fully saturated rings. The second-order valence-corrected chi connectivity index (χ2v) is 5.28. The molecule has 0 bridgehead atoms. The summed E-state index contributed by atoms with van der Waals surface area (Å²) in [5.41, 5.74) is 5.32. The first kappa shape index (κ1) is 13.8. The Morgan fingerprint density at radius 1 is 1.43 bits per heavy atom. The highest BCUT2D eigenvalue weighted by Crippen LogP contribution is 1.98. The van der Waals surface area contributed by atoms with E-state index in [9.17, 15) is 8.42 Å². The Hall–Kier alpha value is -0.170. The number of likely N-dealkylation sites (N-methyl/N-ethyl adjacent to an activating group) is 1. The van der Waals surface area contributed by atoms with E-state index in [4.69, 9.17) is 5.73 Å². The molecule has 0 saturated heterocycles. The van der Waals surface area contributed by atoms with Gasteiger partial charge in [0.2, 0.25) is 0 Å². The molecule has 0 aliphatic rings. The van der Waals surface area contributed by atoms with Crippen molar-refractivity contribution in [1.29, 1.82) is 0 Å². The third kappa shape index (κ3) is 4.90. The van der Waals surface area contributed by atoms with Crippen molar-refractivity contribution in [2.75, 3.05) is 26.2 Å². The summed E-state index contributed by atoms with van der Waals surface area (Å²) in [6.45, 7) is 7.34. The molecule has 3 N–H and O–H groups in total.